The summed E-state index contributed by atoms with van der Waals surface area (Å²) in [6, 6.07) is 7.32. The number of benzene rings is 1. The molecule has 0 aromatic heterocycles. The zero-order chi connectivity index (χ0) is 12.5. The maximum Gasteiger partial charge on any atom is 0.305 e. The highest BCUT2D eigenvalue weighted by Gasteiger charge is 2.22. The van der Waals surface area contributed by atoms with E-state index in [-0.39, 0.29) is 5.78 Å². The van der Waals surface area contributed by atoms with Crippen LogP contribution in [-0.4, -0.2) is 20.5 Å². The average Bonchev–Trinajstić information content (AvgIpc) is 2.27. The van der Waals surface area contributed by atoms with E-state index >= 15 is 0 Å². The maximum absolute atomic E-state index is 12.0. The van der Waals surface area contributed by atoms with Crippen LogP contribution in [-0.2, 0) is 20.7 Å². The number of rotatable bonds is 2. The minimum absolute atomic E-state index is 0.157. The number of fused-ring (bicyclic) bond motifs is 1. The fourth-order valence-corrected chi connectivity index (χ4v) is 2.06. The lowest BCUT2D eigenvalue weighted by atomic mass is 9.88. The lowest BCUT2D eigenvalue weighted by molar-refractivity contribution is 0.102. The molecule has 0 aliphatic heterocycles. The highest BCUT2D eigenvalue weighted by molar-refractivity contribution is 7.86. The van der Waals surface area contributed by atoms with Crippen molar-refractivity contribution in [3.63, 3.8) is 0 Å². The third kappa shape index (κ3) is 2.74. The van der Waals surface area contributed by atoms with Crippen molar-refractivity contribution in [1.29, 1.82) is 0 Å². The molecule has 17 heavy (non-hydrogen) atoms. The molecule has 0 heterocycles. The Morgan fingerprint density at radius 2 is 1.94 bits per heavy atom. The molecule has 0 radical (unpaired) electrons. The van der Waals surface area contributed by atoms with Crippen LogP contribution in [0, 0.1) is 0 Å². The Morgan fingerprint density at radius 1 is 1.24 bits per heavy atom. The third-order valence-electron chi connectivity index (χ3n) is 2.58. The predicted molar refractivity (Wildman–Crippen MR) is 63.1 cm³/mol. The summed E-state index contributed by atoms with van der Waals surface area (Å²) >= 11 is 0. The Bertz CT molecular complexity index is 584. The van der Waals surface area contributed by atoms with Crippen molar-refractivity contribution >= 4 is 15.9 Å². The summed E-state index contributed by atoms with van der Waals surface area (Å²) in [4.78, 5) is 12.0. The number of carbonyl (C=O) groups is 1. The van der Waals surface area contributed by atoms with Gasteiger partial charge in [-0.3, -0.25) is 4.79 Å². The first-order valence-corrected chi connectivity index (χ1v) is 6.99. The molecule has 90 valence electrons. The van der Waals surface area contributed by atoms with Crippen LogP contribution >= 0.6 is 0 Å². The number of hydrogen-bond donors (Lipinski definition) is 0. The van der Waals surface area contributed by atoms with Crippen molar-refractivity contribution in [3.05, 3.63) is 47.2 Å². The molecule has 0 spiro atoms. The Kier molecular flexibility index (Phi) is 3.02. The van der Waals surface area contributed by atoms with Crippen molar-refractivity contribution in [2.24, 2.45) is 0 Å². The number of allylic oxidation sites excluding steroid dienone is 1. The standard InChI is InChI=1S/C12H12O4S/c1-17(14,15)16-8-10-7-6-9-4-2-3-5-11(9)12(10)13/h2-5,8H,6-7H2,1H3. The molecule has 0 bridgehead atoms. The summed E-state index contributed by atoms with van der Waals surface area (Å²) in [5.74, 6) is -0.157. The molecule has 1 aromatic carbocycles. The molecule has 0 N–H and O–H groups in total. The number of aryl methyl sites for hydroxylation is 1. The van der Waals surface area contributed by atoms with Crippen LogP contribution in [0.3, 0.4) is 0 Å². The van der Waals surface area contributed by atoms with Gasteiger partial charge in [0.2, 0.25) is 0 Å². The van der Waals surface area contributed by atoms with Crippen LogP contribution in [0.5, 0.6) is 0 Å². The molecule has 1 aliphatic rings. The van der Waals surface area contributed by atoms with Crippen LogP contribution in [0.15, 0.2) is 36.1 Å². The van der Waals surface area contributed by atoms with Gasteiger partial charge >= 0.3 is 10.1 Å². The zero-order valence-electron chi connectivity index (χ0n) is 9.34. The fourth-order valence-electron chi connectivity index (χ4n) is 1.77. The van der Waals surface area contributed by atoms with Gasteiger partial charge in [0.25, 0.3) is 0 Å². The van der Waals surface area contributed by atoms with Gasteiger partial charge in [0.05, 0.1) is 6.26 Å². The SMILES string of the molecule is CS(=O)(=O)OC=C1CCc2ccccc2C1=O. The molecular formula is C12H12O4S. The van der Waals surface area contributed by atoms with Crippen LogP contribution in [0.4, 0.5) is 0 Å². The molecule has 1 aliphatic carbocycles. The van der Waals surface area contributed by atoms with Crippen LogP contribution in [0.1, 0.15) is 22.3 Å². The monoisotopic (exact) mass is 252 g/mol. The first kappa shape index (κ1) is 11.9. The number of Topliss-reactive ketones (excluding diaryl/α,β-unsaturated/α-hetero) is 1. The minimum atomic E-state index is -3.55. The first-order chi connectivity index (χ1) is 7.97. The molecule has 0 fully saturated rings. The molecule has 0 saturated carbocycles. The lowest BCUT2D eigenvalue weighted by Crippen LogP contribution is -2.14. The van der Waals surface area contributed by atoms with Gasteiger partial charge in [-0.25, -0.2) is 0 Å². The van der Waals surface area contributed by atoms with Crippen molar-refractivity contribution in [1.82, 2.24) is 0 Å². The molecule has 4 nitrogen and oxygen atoms in total. The van der Waals surface area contributed by atoms with Crippen molar-refractivity contribution < 1.29 is 17.4 Å². The predicted octanol–water partition coefficient (Wildman–Crippen LogP) is 1.68. The largest absolute Gasteiger partial charge is 0.390 e. The maximum atomic E-state index is 12.0. The second kappa shape index (κ2) is 4.33. The van der Waals surface area contributed by atoms with Crippen LogP contribution in [0.2, 0.25) is 0 Å². The Balaban J connectivity index is 2.29. The highest BCUT2D eigenvalue weighted by Crippen LogP contribution is 2.24. The summed E-state index contributed by atoms with van der Waals surface area (Å²) < 4.78 is 26.2. The quantitative estimate of drug-likeness (QED) is 0.456. The molecule has 0 amide bonds. The smallest absolute Gasteiger partial charge is 0.305 e. The van der Waals surface area contributed by atoms with Crippen molar-refractivity contribution in [2.45, 2.75) is 12.8 Å². The normalized spacial score (nSPS) is 17.9. The molecule has 0 atom stereocenters. The highest BCUT2D eigenvalue weighted by atomic mass is 32.2. The molecular weight excluding hydrogens is 240 g/mol. The van der Waals surface area contributed by atoms with E-state index in [2.05, 4.69) is 4.18 Å². The molecule has 1 aromatic rings. The molecule has 0 saturated heterocycles. The first-order valence-electron chi connectivity index (χ1n) is 5.17. The summed E-state index contributed by atoms with van der Waals surface area (Å²) in [6.07, 6.45) is 3.23. The lowest BCUT2D eigenvalue weighted by Gasteiger charge is -2.16. The number of hydrogen-bond acceptors (Lipinski definition) is 4. The average molecular weight is 252 g/mol. The van der Waals surface area contributed by atoms with Gasteiger partial charge in [-0.05, 0) is 18.4 Å². The second-order valence-electron chi connectivity index (χ2n) is 3.93. The second-order valence-corrected chi connectivity index (χ2v) is 5.53. The summed E-state index contributed by atoms with van der Waals surface area (Å²) in [5, 5.41) is 0. The molecule has 2 rings (SSSR count). The van der Waals surface area contributed by atoms with Crippen LogP contribution < -0.4 is 0 Å². The Morgan fingerprint density at radius 3 is 2.65 bits per heavy atom. The Hall–Kier alpha value is -1.62. The van der Waals surface area contributed by atoms with Gasteiger partial charge in [0.15, 0.2) is 5.78 Å². The molecule has 0 unspecified atom stereocenters. The van der Waals surface area contributed by atoms with E-state index in [0.29, 0.717) is 17.6 Å². The van der Waals surface area contributed by atoms with Crippen LogP contribution in [0.25, 0.3) is 0 Å². The Labute approximate surface area is 100 Å². The van der Waals surface area contributed by atoms with Crippen molar-refractivity contribution in [2.75, 3.05) is 6.26 Å². The van der Waals surface area contributed by atoms with Gasteiger partial charge in [0.1, 0.15) is 6.26 Å². The van der Waals surface area contributed by atoms with Gasteiger partial charge in [0, 0.05) is 11.1 Å². The summed E-state index contributed by atoms with van der Waals surface area (Å²) in [7, 11) is -3.55. The van der Waals surface area contributed by atoms with E-state index in [1.54, 1.807) is 12.1 Å². The third-order valence-corrected chi connectivity index (χ3v) is 3.03. The van der Waals surface area contributed by atoms with Gasteiger partial charge < -0.3 is 4.18 Å². The topological polar surface area (TPSA) is 60.4 Å². The zero-order valence-corrected chi connectivity index (χ0v) is 10.2. The van der Waals surface area contributed by atoms with E-state index in [1.807, 2.05) is 12.1 Å². The van der Waals surface area contributed by atoms with Gasteiger partial charge in [-0.2, -0.15) is 8.42 Å². The van der Waals surface area contributed by atoms with Gasteiger partial charge in [-0.1, -0.05) is 24.3 Å². The molecule has 5 heteroatoms. The fraction of sp³-hybridized carbons (Fsp3) is 0.250. The van der Waals surface area contributed by atoms with E-state index in [9.17, 15) is 13.2 Å². The van der Waals surface area contributed by atoms with E-state index in [4.69, 9.17) is 0 Å². The van der Waals surface area contributed by atoms with E-state index in [0.717, 1.165) is 24.5 Å². The summed E-state index contributed by atoms with van der Waals surface area (Å²) in [6.45, 7) is 0. The summed E-state index contributed by atoms with van der Waals surface area (Å²) in [5.41, 5.74) is 2.02. The van der Waals surface area contributed by atoms with E-state index < -0.39 is 10.1 Å². The number of carbonyl (C=O) groups excluding carboxylic acids is 1. The minimum Gasteiger partial charge on any atom is -0.390 e. The van der Waals surface area contributed by atoms with Gasteiger partial charge in [-0.15, -0.1) is 0 Å². The van der Waals surface area contributed by atoms with E-state index in [1.165, 1.54) is 0 Å². The van der Waals surface area contributed by atoms with Crippen molar-refractivity contribution in [3.8, 4) is 0 Å². The number of ketones is 1.